The number of benzene rings is 2. The van der Waals surface area contributed by atoms with Gasteiger partial charge in [-0.15, -0.1) is 0 Å². The maximum absolute atomic E-state index is 12.0. The van der Waals surface area contributed by atoms with Gasteiger partial charge in [-0.3, -0.25) is 4.79 Å². The van der Waals surface area contributed by atoms with Gasteiger partial charge in [0.1, 0.15) is 0 Å². The molecule has 1 heteroatoms. The minimum absolute atomic E-state index is 0.249. The summed E-state index contributed by atoms with van der Waals surface area (Å²) in [6.07, 6.45) is 1.54. The Labute approximate surface area is 96.1 Å². The topological polar surface area (TPSA) is 17.1 Å². The second kappa shape index (κ2) is 4.48. The van der Waals surface area contributed by atoms with Gasteiger partial charge in [0.25, 0.3) is 0 Å². The van der Waals surface area contributed by atoms with E-state index in [9.17, 15) is 4.79 Å². The molecular formula is C15H16O. The monoisotopic (exact) mass is 212 g/mol. The summed E-state index contributed by atoms with van der Waals surface area (Å²) in [4.78, 5) is 12.0. The Bertz CT molecular complexity index is 526. The van der Waals surface area contributed by atoms with Gasteiger partial charge in [-0.1, -0.05) is 43.3 Å². The van der Waals surface area contributed by atoms with E-state index in [1.54, 1.807) is 0 Å². The molecule has 16 heavy (non-hydrogen) atoms. The first kappa shape index (κ1) is 10.9. The highest BCUT2D eigenvalue weighted by Gasteiger charge is 2.09. The van der Waals surface area contributed by atoms with E-state index < -0.39 is 0 Å². The van der Waals surface area contributed by atoms with Crippen LogP contribution in [-0.2, 0) is 0 Å². The minimum Gasteiger partial charge on any atom is -0.294 e. The zero-order valence-corrected chi connectivity index (χ0v) is 9.79. The molecule has 1 nitrogen and oxygen atoms in total. The lowest BCUT2D eigenvalue weighted by molar-refractivity contribution is 0.0983. The van der Waals surface area contributed by atoms with Gasteiger partial charge in [-0.2, -0.15) is 0 Å². The molecule has 0 aliphatic rings. The molecule has 82 valence electrons. The number of hydrogen-bond donors (Lipinski definition) is 0. The van der Waals surface area contributed by atoms with Crippen molar-refractivity contribution in [3.63, 3.8) is 0 Å². The van der Waals surface area contributed by atoms with Crippen LogP contribution in [0.4, 0.5) is 0 Å². The Kier molecular flexibility index (Phi) is 3.04. The van der Waals surface area contributed by atoms with Gasteiger partial charge in [0.05, 0.1) is 0 Å². The zero-order chi connectivity index (χ0) is 11.5. The van der Waals surface area contributed by atoms with Crippen LogP contribution in [0.3, 0.4) is 0 Å². The van der Waals surface area contributed by atoms with Gasteiger partial charge in [0, 0.05) is 12.0 Å². The SMILES string of the molecule is CCCC(=O)c1ccc(C)c2ccccc12. The molecule has 2 rings (SSSR count). The number of ketones is 1. The third-order valence-electron chi connectivity index (χ3n) is 2.92. The second-order valence-electron chi connectivity index (χ2n) is 4.15. The molecule has 0 atom stereocenters. The molecule has 2 aromatic carbocycles. The van der Waals surface area contributed by atoms with Crippen LogP contribution in [0.1, 0.15) is 35.7 Å². The third kappa shape index (κ3) is 1.85. The highest BCUT2D eigenvalue weighted by Crippen LogP contribution is 2.23. The number of fused-ring (bicyclic) bond motifs is 1. The highest BCUT2D eigenvalue weighted by atomic mass is 16.1. The van der Waals surface area contributed by atoms with Crippen LogP contribution >= 0.6 is 0 Å². The van der Waals surface area contributed by atoms with E-state index in [-0.39, 0.29) is 5.78 Å². The smallest absolute Gasteiger partial charge is 0.163 e. The first-order chi connectivity index (χ1) is 7.74. The molecule has 0 unspecified atom stereocenters. The Morgan fingerprint density at radius 1 is 1.06 bits per heavy atom. The molecule has 0 saturated carbocycles. The average Bonchev–Trinajstić information content (AvgIpc) is 2.30. The molecule has 0 saturated heterocycles. The number of aryl methyl sites for hydroxylation is 1. The van der Waals surface area contributed by atoms with Crippen LogP contribution < -0.4 is 0 Å². The number of hydrogen-bond acceptors (Lipinski definition) is 1. The molecule has 0 radical (unpaired) electrons. The van der Waals surface area contributed by atoms with Crippen LogP contribution in [0.2, 0.25) is 0 Å². The fourth-order valence-corrected chi connectivity index (χ4v) is 2.05. The van der Waals surface area contributed by atoms with Crippen molar-refractivity contribution in [2.24, 2.45) is 0 Å². The number of Topliss-reactive ketones (excluding diaryl/α,β-unsaturated/α-hetero) is 1. The van der Waals surface area contributed by atoms with E-state index in [1.165, 1.54) is 10.9 Å². The molecule has 0 aliphatic heterocycles. The number of carbonyl (C=O) groups excluding carboxylic acids is 1. The van der Waals surface area contributed by atoms with Crippen LogP contribution in [0.15, 0.2) is 36.4 Å². The molecule has 0 aliphatic carbocycles. The molecule has 2 aromatic rings. The summed E-state index contributed by atoms with van der Waals surface area (Å²) in [5, 5.41) is 2.27. The van der Waals surface area contributed by atoms with Crippen molar-refractivity contribution in [2.45, 2.75) is 26.7 Å². The molecule has 0 aromatic heterocycles. The summed E-state index contributed by atoms with van der Waals surface area (Å²) in [6, 6.07) is 12.1. The Morgan fingerprint density at radius 3 is 2.44 bits per heavy atom. The number of rotatable bonds is 3. The summed E-state index contributed by atoms with van der Waals surface area (Å²) >= 11 is 0. The third-order valence-corrected chi connectivity index (χ3v) is 2.92. The molecule has 0 amide bonds. The van der Waals surface area contributed by atoms with Crippen molar-refractivity contribution in [3.05, 3.63) is 47.5 Å². The predicted molar refractivity (Wildman–Crippen MR) is 67.9 cm³/mol. The zero-order valence-electron chi connectivity index (χ0n) is 9.79. The van der Waals surface area contributed by atoms with Crippen molar-refractivity contribution in [3.8, 4) is 0 Å². The summed E-state index contributed by atoms with van der Waals surface area (Å²) in [6.45, 7) is 4.12. The minimum atomic E-state index is 0.249. The van der Waals surface area contributed by atoms with Crippen LogP contribution in [0.5, 0.6) is 0 Å². The summed E-state index contributed by atoms with van der Waals surface area (Å²) < 4.78 is 0. The van der Waals surface area contributed by atoms with Crippen molar-refractivity contribution < 1.29 is 4.79 Å². The molecule has 0 spiro atoms. The van der Waals surface area contributed by atoms with E-state index in [0.717, 1.165) is 17.4 Å². The van der Waals surface area contributed by atoms with Crippen molar-refractivity contribution in [1.29, 1.82) is 0 Å². The fourth-order valence-electron chi connectivity index (χ4n) is 2.05. The van der Waals surface area contributed by atoms with Crippen LogP contribution in [-0.4, -0.2) is 5.78 Å². The lowest BCUT2D eigenvalue weighted by atomic mass is 9.96. The van der Waals surface area contributed by atoms with E-state index in [1.807, 2.05) is 37.3 Å². The van der Waals surface area contributed by atoms with Gasteiger partial charge in [0.2, 0.25) is 0 Å². The van der Waals surface area contributed by atoms with Crippen molar-refractivity contribution in [1.82, 2.24) is 0 Å². The lowest BCUT2D eigenvalue weighted by Gasteiger charge is -2.07. The second-order valence-corrected chi connectivity index (χ2v) is 4.15. The van der Waals surface area contributed by atoms with Crippen LogP contribution in [0, 0.1) is 6.92 Å². The van der Waals surface area contributed by atoms with Gasteiger partial charge in [-0.25, -0.2) is 0 Å². The van der Waals surface area contributed by atoms with Gasteiger partial charge >= 0.3 is 0 Å². The Balaban J connectivity index is 2.63. The lowest BCUT2D eigenvalue weighted by Crippen LogP contribution is -1.99. The fraction of sp³-hybridized carbons (Fsp3) is 0.267. The normalized spacial score (nSPS) is 10.6. The van der Waals surface area contributed by atoms with Gasteiger partial charge < -0.3 is 0 Å². The molecular weight excluding hydrogens is 196 g/mol. The standard InChI is InChI=1S/C15H16O/c1-3-6-15(16)14-10-9-11(2)12-7-4-5-8-13(12)14/h4-5,7-10H,3,6H2,1-2H3. The van der Waals surface area contributed by atoms with Gasteiger partial charge in [-0.05, 0) is 29.7 Å². The summed E-state index contributed by atoms with van der Waals surface area (Å²) in [5.74, 6) is 0.249. The van der Waals surface area contributed by atoms with Crippen molar-refractivity contribution in [2.75, 3.05) is 0 Å². The summed E-state index contributed by atoms with van der Waals surface area (Å²) in [5.41, 5.74) is 2.09. The quantitative estimate of drug-likeness (QED) is 0.699. The largest absolute Gasteiger partial charge is 0.294 e. The van der Waals surface area contributed by atoms with Crippen LogP contribution in [0.25, 0.3) is 10.8 Å². The van der Waals surface area contributed by atoms with Gasteiger partial charge in [0.15, 0.2) is 5.78 Å². The predicted octanol–water partition coefficient (Wildman–Crippen LogP) is 4.13. The van der Waals surface area contributed by atoms with E-state index >= 15 is 0 Å². The van der Waals surface area contributed by atoms with E-state index in [0.29, 0.717) is 6.42 Å². The first-order valence-electron chi connectivity index (χ1n) is 5.75. The maximum atomic E-state index is 12.0. The Hall–Kier alpha value is -1.63. The maximum Gasteiger partial charge on any atom is 0.163 e. The average molecular weight is 212 g/mol. The molecule has 0 heterocycles. The van der Waals surface area contributed by atoms with E-state index in [2.05, 4.69) is 13.0 Å². The van der Waals surface area contributed by atoms with E-state index in [4.69, 9.17) is 0 Å². The first-order valence-corrected chi connectivity index (χ1v) is 5.75. The summed E-state index contributed by atoms with van der Waals surface area (Å²) in [7, 11) is 0. The molecule has 0 fully saturated rings. The molecule has 0 N–H and O–H groups in total. The molecule has 0 bridgehead atoms. The Morgan fingerprint density at radius 2 is 1.75 bits per heavy atom. The number of carbonyl (C=O) groups is 1. The van der Waals surface area contributed by atoms with Crippen molar-refractivity contribution >= 4 is 16.6 Å². The highest BCUT2D eigenvalue weighted by molar-refractivity contribution is 6.08.